The number of amides is 1. The maximum absolute atomic E-state index is 12.1. The van der Waals surface area contributed by atoms with Gasteiger partial charge in [-0.25, -0.2) is 0 Å². The van der Waals surface area contributed by atoms with Gasteiger partial charge in [-0.15, -0.1) is 0 Å². The number of hydrogen-bond acceptors (Lipinski definition) is 5. The van der Waals surface area contributed by atoms with Crippen molar-refractivity contribution < 1.29 is 23.7 Å². The standard InChI is InChI=1S/C17H18ClNO5/c1-21-11-4-6-12(7-5-11)24-10-17(20)19-14-9-15(22-2)13(18)8-16(14)23-3/h4-9H,10H2,1-3H3,(H,19,20). The normalized spacial score (nSPS) is 10.0. The van der Waals surface area contributed by atoms with Crippen molar-refractivity contribution in [1.82, 2.24) is 0 Å². The van der Waals surface area contributed by atoms with E-state index < -0.39 is 0 Å². The fraction of sp³-hybridized carbons (Fsp3) is 0.235. The summed E-state index contributed by atoms with van der Waals surface area (Å²) in [7, 11) is 4.56. The first kappa shape index (κ1) is 17.7. The zero-order chi connectivity index (χ0) is 17.5. The van der Waals surface area contributed by atoms with E-state index in [1.807, 2.05) is 0 Å². The zero-order valence-electron chi connectivity index (χ0n) is 13.6. The van der Waals surface area contributed by atoms with Crippen molar-refractivity contribution >= 4 is 23.2 Å². The summed E-state index contributed by atoms with van der Waals surface area (Å²) < 4.78 is 20.8. The Morgan fingerprint density at radius 2 is 1.58 bits per heavy atom. The molecule has 0 radical (unpaired) electrons. The number of ether oxygens (including phenoxy) is 4. The molecule has 0 fully saturated rings. The van der Waals surface area contributed by atoms with Crippen LogP contribution in [0.1, 0.15) is 0 Å². The highest BCUT2D eigenvalue weighted by Gasteiger charge is 2.13. The fourth-order valence-electron chi connectivity index (χ4n) is 1.97. The molecule has 0 aliphatic heterocycles. The Hall–Kier alpha value is -2.60. The molecule has 24 heavy (non-hydrogen) atoms. The highest BCUT2D eigenvalue weighted by Crippen LogP contribution is 2.35. The Bertz CT molecular complexity index is 703. The van der Waals surface area contributed by atoms with E-state index in [1.165, 1.54) is 14.2 Å². The van der Waals surface area contributed by atoms with E-state index in [2.05, 4.69) is 5.32 Å². The summed E-state index contributed by atoms with van der Waals surface area (Å²) in [6.07, 6.45) is 0. The maximum Gasteiger partial charge on any atom is 0.262 e. The molecule has 2 aromatic carbocycles. The van der Waals surface area contributed by atoms with Crippen LogP contribution in [0.2, 0.25) is 5.02 Å². The van der Waals surface area contributed by atoms with Crippen molar-refractivity contribution in [3.63, 3.8) is 0 Å². The Balaban J connectivity index is 2.01. The minimum Gasteiger partial charge on any atom is -0.497 e. The van der Waals surface area contributed by atoms with Crippen LogP contribution in [0.3, 0.4) is 0 Å². The van der Waals surface area contributed by atoms with Crippen molar-refractivity contribution in [1.29, 1.82) is 0 Å². The van der Waals surface area contributed by atoms with E-state index in [9.17, 15) is 4.79 Å². The van der Waals surface area contributed by atoms with E-state index in [4.69, 9.17) is 30.5 Å². The van der Waals surface area contributed by atoms with Crippen molar-refractivity contribution in [3.8, 4) is 23.0 Å². The monoisotopic (exact) mass is 351 g/mol. The van der Waals surface area contributed by atoms with Gasteiger partial charge in [0.25, 0.3) is 5.91 Å². The van der Waals surface area contributed by atoms with Crippen LogP contribution in [0.4, 0.5) is 5.69 Å². The molecule has 1 N–H and O–H groups in total. The Morgan fingerprint density at radius 3 is 2.17 bits per heavy atom. The minimum absolute atomic E-state index is 0.152. The summed E-state index contributed by atoms with van der Waals surface area (Å²) >= 11 is 6.03. The van der Waals surface area contributed by atoms with Crippen molar-refractivity contribution in [2.45, 2.75) is 0 Å². The van der Waals surface area contributed by atoms with Gasteiger partial charge in [0.05, 0.1) is 32.0 Å². The predicted octanol–water partition coefficient (Wildman–Crippen LogP) is 3.38. The third kappa shape index (κ3) is 4.45. The lowest BCUT2D eigenvalue weighted by Gasteiger charge is -2.13. The van der Waals surface area contributed by atoms with Gasteiger partial charge in [0, 0.05) is 12.1 Å². The van der Waals surface area contributed by atoms with Crippen LogP contribution in [0.25, 0.3) is 0 Å². The third-order valence-electron chi connectivity index (χ3n) is 3.18. The summed E-state index contributed by atoms with van der Waals surface area (Å²) in [6.45, 7) is -0.152. The molecule has 0 heterocycles. The average Bonchev–Trinajstić information content (AvgIpc) is 2.61. The molecular formula is C17H18ClNO5. The quantitative estimate of drug-likeness (QED) is 0.828. The Labute approximate surface area is 145 Å². The van der Waals surface area contributed by atoms with E-state index >= 15 is 0 Å². The number of nitrogens with one attached hydrogen (secondary N) is 1. The molecule has 2 rings (SSSR count). The van der Waals surface area contributed by atoms with Crippen LogP contribution in [-0.2, 0) is 4.79 Å². The lowest BCUT2D eigenvalue weighted by atomic mass is 10.2. The lowest BCUT2D eigenvalue weighted by molar-refractivity contribution is -0.118. The highest BCUT2D eigenvalue weighted by atomic mass is 35.5. The van der Waals surface area contributed by atoms with Crippen LogP contribution in [0.5, 0.6) is 23.0 Å². The summed E-state index contributed by atoms with van der Waals surface area (Å²) in [4.78, 5) is 12.1. The van der Waals surface area contributed by atoms with Gasteiger partial charge in [-0.3, -0.25) is 4.79 Å². The number of hydrogen-bond donors (Lipinski definition) is 1. The summed E-state index contributed by atoms with van der Waals surface area (Å²) in [5.41, 5.74) is 0.446. The molecule has 0 saturated heterocycles. The summed E-state index contributed by atoms with van der Waals surface area (Å²) in [5, 5.41) is 3.09. The number of methoxy groups -OCH3 is 3. The zero-order valence-corrected chi connectivity index (χ0v) is 14.3. The molecular weight excluding hydrogens is 334 g/mol. The predicted molar refractivity (Wildman–Crippen MR) is 91.7 cm³/mol. The van der Waals surface area contributed by atoms with Crippen LogP contribution in [0.15, 0.2) is 36.4 Å². The second-order valence-corrected chi connectivity index (χ2v) is 5.11. The summed E-state index contributed by atoms with van der Waals surface area (Å²) in [6, 6.07) is 10.1. The topological polar surface area (TPSA) is 66.0 Å². The fourth-order valence-corrected chi connectivity index (χ4v) is 2.20. The van der Waals surface area contributed by atoms with Gasteiger partial charge in [0.15, 0.2) is 6.61 Å². The molecule has 6 nitrogen and oxygen atoms in total. The van der Waals surface area contributed by atoms with Crippen LogP contribution in [-0.4, -0.2) is 33.8 Å². The molecule has 2 aromatic rings. The van der Waals surface area contributed by atoms with E-state index in [0.29, 0.717) is 33.7 Å². The molecule has 0 aliphatic rings. The van der Waals surface area contributed by atoms with Gasteiger partial charge in [-0.1, -0.05) is 11.6 Å². The van der Waals surface area contributed by atoms with Crippen molar-refractivity contribution in [2.24, 2.45) is 0 Å². The molecule has 0 aromatic heterocycles. The van der Waals surface area contributed by atoms with Gasteiger partial charge in [0.1, 0.15) is 23.0 Å². The SMILES string of the molecule is COc1ccc(OCC(=O)Nc2cc(OC)c(Cl)cc2OC)cc1. The lowest BCUT2D eigenvalue weighted by Crippen LogP contribution is -2.20. The second kappa shape index (κ2) is 8.31. The summed E-state index contributed by atoms with van der Waals surface area (Å²) in [5.74, 6) is 1.80. The molecule has 0 saturated carbocycles. The number of halogens is 1. The molecule has 0 spiro atoms. The Morgan fingerprint density at radius 1 is 0.958 bits per heavy atom. The molecule has 0 bridgehead atoms. The first-order valence-corrected chi connectivity index (χ1v) is 7.43. The van der Waals surface area contributed by atoms with E-state index in [1.54, 1.807) is 43.5 Å². The highest BCUT2D eigenvalue weighted by molar-refractivity contribution is 6.32. The molecule has 0 aliphatic carbocycles. The van der Waals surface area contributed by atoms with Gasteiger partial charge in [0.2, 0.25) is 0 Å². The van der Waals surface area contributed by atoms with E-state index in [-0.39, 0.29) is 12.5 Å². The third-order valence-corrected chi connectivity index (χ3v) is 3.47. The van der Waals surface area contributed by atoms with Crippen LogP contribution in [0, 0.1) is 0 Å². The van der Waals surface area contributed by atoms with E-state index in [0.717, 1.165) is 0 Å². The van der Waals surface area contributed by atoms with Crippen molar-refractivity contribution in [3.05, 3.63) is 41.4 Å². The molecule has 7 heteroatoms. The van der Waals surface area contributed by atoms with Gasteiger partial charge in [-0.05, 0) is 24.3 Å². The van der Waals surface area contributed by atoms with Crippen LogP contribution < -0.4 is 24.3 Å². The molecule has 128 valence electrons. The Kier molecular flexibility index (Phi) is 6.14. The number of carbonyl (C=O) groups excluding carboxylic acids is 1. The van der Waals surface area contributed by atoms with Crippen LogP contribution >= 0.6 is 11.6 Å². The molecule has 0 atom stereocenters. The minimum atomic E-state index is -0.339. The number of carbonyl (C=O) groups is 1. The molecule has 0 unspecified atom stereocenters. The second-order valence-electron chi connectivity index (χ2n) is 4.70. The number of benzene rings is 2. The number of rotatable bonds is 7. The van der Waals surface area contributed by atoms with Gasteiger partial charge in [-0.2, -0.15) is 0 Å². The first-order valence-electron chi connectivity index (χ1n) is 7.05. The van der Waals surface area contributed by atoms with Gasteiger partial charge >= 0.3 is 0 Å². The maximum atomic E-state index is 12.1. The van der Waals surface area contributed by atoms with Crippen molar-refractivity contribution in [2.75, 3.05) is 33.3 Å². The number of anilines is 1. The smallest absolute Gasteiger partial charge is 0.262 e. The van der Waals surface area contributed by atoms with Gasteiger partial charge < -0.3 is 24.3 Å². The first-order chi connectivity index (χ1) is 11.6. The molecule has 1 amide bonds. The largest absolute Gasteiger partial charge is 0.497 e. The average molecular weight is 352 g/mol.